The van der Waals surface area contributed by atoms with Gasteiger partial charge in [-0.3, -0.25) is 0 Å². The number of aliphatic hydroxyl groups excluding tert-OH is 1. The van der Waals surface area contributed by atoms with Crippen LogP contribution < -0.4 is 5.32 Å². The average Bonchev–Trinajstić information content (AvgIpc) is 2.95. The Bertz CT molecular complexity index is 409. The highest BCUT2D eigenvalue weighted by Crippen LogP contribution is 2.48. The maximum absolute atomic E-state index is 7.00. The minimum Gasteiger partial charge on any atom is -0.400 e. The van der Waals surface area contributed by atoms with Crippen molar-refractivity contribution in [3.05, 3.63) is 34.3 Å². The molecule has 1 aromatic carbocycles. The third-order valence-corrected chi connectivity index (χ3v) is 4.94. The first kappa shape index (κ1) is 13.9. The van der Waals surface area contributed by atoms with Crippen LogP contribution in [-0.2, 0) is 5.41 Å². The number of aryl methyl sites for hydroxylation is 1. The number of aliphatic hydroxyl groups is 1. The molecule has 2 nitrogen and oxygen atoms in total. The summed E-state index contributed by atoms with van der Waals surface area (Å²) in [5, 5.41) is 11.5. The predicted octanol–water partition coefficient (Wildman–Crippen LogP) is 2.90. The van der Waals surface area contributed by atoms with Crippen LogP contribution in [0.5, 0.6) is 0 Å². The molecule has 0 amide bonds. The van der Waals surface area contributed by atoms with Crippen molar-refractivity contribution in [3.63, 3.8) is 0 Å². The molecule has 1 saturated heterocycles. The second-order valence-corrected chi connectivity index (χ2v) is 5.75. The fourth-order valence-electron chi connectivity index (χ4n) is 3.53. The summed E-state index contributed by atoms with van der Waals surface area (Å²) in [7, 11) is 1.00. The van der Waals surface area contributed by atoms with E-state index in [0.717, 1.165) is 24.6 Å². The van der Waals surface area contributed by atoms with E-state index in [1.165, 1.54) is 36.9 Å². The van der Waals surface area contributed by atoms with Crippen molar-refractivity contribution in [2.75, 3.05) is 20.2 Å². The normalized spacial score (nSPS) is 29.7. The van der Waals surface area contributed by atoms with Gasteiger partial charge in [0, 0.05) is 24.1 Å². The quantitative estimate of drug-likeness (QED) is 0.820. The lowest BCUT2D eigenvalue weighted by molar-refractivity contribution is 0.399. The maximum Gasteiger partial charge on any atom is 0.0438 e. The fourth-order valence-corrected chi connectivity index (χ4v) is 3.71. The molecule has 2 N–H and O–H groups in total. The molecule has 1 aliphatic heterocycles. The van der Waals surface area contributed by atoms with Gasteiger partial charge >= 0.3 is 0 Å². The van der Waals surface area contributed by atoms with Crippen molar-refractivity contribution in [1.29, 1.82) is 0 Å². The standard InChI is InChI=1S/C14H18ClN.CH4O/c1-10-4-5-11(7-13(10)15)14-6-2-3-12(14)8-16-9-14;1-2/h4-5,7,12,16H,2-3,6,8-9H2,1H3;2H,1H3/t12-,14+;/m1./s1. The van der Waals surface area contributed by atoms with Crippen LogP contribution >= 0.6 is 11.6 Å². The highest BCUT2D eigenvalue weighted by molar-refractivity contribution is 6.31. The third kappa shape index (κ3) is 2.18. The van der Waals surface area contributed by atoms with Gasteiger partial charge in [0.05, 0.1) is 0 Å². The van der Waals surface area contributed by atoms with Crippen LogP contribution in [-0.4, -0.2) is 25.3 Å². The molecule has 0 spiro atoms. The summed E-state index contributed by atoms with van der Waals surface area (Å²) < 4.78 is 0. The summed E-state index contributed by atoms with van der Waals surface area (Å²) in [5.41, 5.74) is 3.02. The van der Waals surface area contributed by atoms with E-state index in [4.69, 9.17) is 16.7 Å². The SMILES string of the molecule is CO.Cc1ccc([C@@]23CCC[C@@H]2CNC3)cc1Cl. The van der Waals surface area contributed by atoms with Gasteiger partial charge in [-0.25, -0.2) is 0 Å². The highest BCUT2D eigenvalue weighted by Gasteiger charge is 2.47. The van der Waals surface area contributed by atoms with E-state index in [2.05, 4.69) is 30.4 Å². The molecule has 0 unspecified atom stereocenters. The van der Waals surface area contributed by atoms with Gasteiger partial charge in [-0.05, 0) is 49.4 Å². The van der Waals surface area contributed by atoms with E-state index >= 15 is 0 Å². The molecular formula is C15H22ClNO. The Kier molecular flexibility index (Phi) is 4.31. The van der Waals surface area contributed by atoms with Gasteiger partial charge in [-0.2, -0.15) is 0 Å². The summed E-state index contributed by atoms with van der Waals surface area (Å²) in [6.07, 6.45) is 4.07. The number of hydrogen-bond donors (Lipinski definition) is 2. The Morgan fingerprint density at radius 2 is 2.17 bits per heavy atom. The van der Waals surface area contributed by atoms with Gasteiger partial charge in [0.15, 0.2) is 0 Å². The summed E-state index contributed by atoms with van der Waals surface area (Å²) in [6, 6.07) is 6.65. The van der Waals surface area contributed by atoms with Crippen molar-refractivity contribution in [2.24, 2.45) is 5.92 Å². The van der Waals surface area contributed by atoms with Crippen molar-refractivity contribution in [1.82, 2.24) is 5.32 Å². The molecule has 1 saturated carbocycles. The molecule has 0 radical (unpaired) electrons. The first-order valence-electron chi connectivity index (χ1n) is 6.64. The van der Waals surface area contributed by atoms with E-state index in [0.29, 0.717) is 5.41 Å². The van der Waals surface area contributed by atoms with Gasteiger partial charge in [-0.15, -0.1) is 0 Å². The Balaban J connectivity index is 0.000000574. The van der Waals surface area contributed by atoms with Crippen LogP contribution in [0.4, 0.5) is 0 Å². The first-order valence-corrected chi connectivity index (χ1v) is 7.02. The molecule has 2 fully saturated rings. The second kappa shape index (κ2) is 5.60. The van der Waals surface area contributed by atoms with Gasteiger partial charge < -0.3 is 10.4 Å². The van der Waals surface area contributed by atoms with E-state index in [-0.39, 0.29) is 0 Å². The molecule has 2 atom stereocenters. The lowest BCUT2D eigenvalue weighted by Crippen LogP contribution is -2.30. The third-order valence-electron chi connectivity index (χ3n) is 4.53. The van der Waals surface area contributed by atoms with Crippen molar-refractivity contribution < 1.29 is 5.11 Å². The van der Waals surface area contributed by atoms with Crippen LogP contribution in [0.2, 0.25) is 5.02 Å². The molecule has 3 heteroatoms. The van der Waals surface area contributed by atoms with Gasteiger partial charge in [-0.1, -0.05) is 30.2 Å². The van der Waals surface area contributed by atoms with Crippen LogP contribution in [0.25, 0.3) is 0 Å². The molecule has 18 heavy (non-hydrogen) atoms. The molecule has 2 aliphatic rings. The largest absolute Gasteiger partial charge is 0.400 e. The van der Waals surface area contributed by atoms with E-state index in [1.807, 2.05) is 0 Å². The molecule has 0 bridgehead atoms. The van der Waals surface area contributed by atoms with E-state index in [1.54, 1.807) is 0 Å². The zero-order valence-electron chi connectivity index (χ0n) is 11.2. The number of rotatable bonds is 1. The molecule has 100 valence electrons. The highest BCUT2D eigenvalue weighted by atomic mass is 35.5. The predicted molar refractivity (Wildman–Crippen MR) is 76.2 cm³/mol. The zero-order chi connectivity index (χ0) is 13.2. The van der Waals surface area contributed by atoms with Crippen LogP contribution in [0, 0.1) is 12.8 Å². The summed E-state index contributed by atoms with van der Waals surface area (Å²) >= 11 is 6.26. The Hall–Kier alpha value is -0.570. The van der Waals surface area contributed by atoms with Crippen molar-refractivity contribution in [2.45, 2.75) is 31.6 Å². The van der Waals surface area contributed by atoms with E-state index < -0.39 is 0 Å². The number of benzene rings is 1. The Morgan fingerprint density at radius 1 is 1.39 bits per heavy atom. The fraction of sp³-hybridized carbons (Fsp3) is 0.600. The van der Waals surface area contributed by atoms with Crippen molar-refractivity contribution in [3.8, 4) is 0 Å². The minimum absolute atomic E-state index is 0.386. The number of hydrogen-bond acceptors (Lipinski definition) is 2. The topological polar surface area (TPSA) is 32.3 Å². The first-order chi connectivity index (χ1) is 8.72. The van der Waals surface area contributed by atoms with Crippen LogP contribution in [0.1, 0.15) is 30.4 Å². The van der Waals surface area contributed by atoms with Gasteiger partial charge in [0.1, 0.15) is 0 Å². The zero-order valence-corrected chi connectivity index (χ0v) is 11.9. The maximum atomic E-state index is 7.00. The molecule has 1 aromatic rings. The number of fused-ring (bicyclic) bond motifs is 1. The number of halogens is 1. The van der Waals surface area contributed by atoms with Gasteiger partial charge in [0.25, 0.3) is 0 Å². The summed E-state index contributed by atoms with van der Waals surface area (Å²) in [4.78, 5) is 0. The number of nitrogens with one attached hydrogen (secondary N) is 1. The monoisotopic (exact) mass is 267 g/mol. The van der Waals surface area contributed by atoms with Crippen molar-refractivity contribution >= 4 is 11.6 Å². The molecule has 1 aliphatic carbocycles. The molecular weight excluding hydrogens is 246 g/mol. The molecule has 3 rings (SSSR count). The lowest BCUT2D eigenvalue weighted by Gasteiger charge is -2.29. The van der Waals surface area contributed by atoms with Crippen LogP contribution in [0.3, 0.4) is 0 Å². The second-order valence-electron chi connectivity index (χ2n) is 5.34. The Morgan fingerprint density at radius 3 is 2.89 bits per heavy atom. The van der Waals surface area contributed by atoms with Crippen LogP contribution in [0.15, 0.2) is 18.2 Å². The summed E-state index contributed by atoms with van der Waals surface area (Å²) in [5.74, 6) is 0.825. The minimum atomic E-state index is 0.386. The smallest absolute Gasteiger partial charge is 0.0438 e. The molecule has 0 aromatic heterocycles. The van der Waals surface area contributed by atoms with E-state index in [9.17, 15) is 0 Å². The van der Waals surface area contributed by atoms with Gasteiger partial charge in [0.2, 0.25) is 0 Å². The average molecular weight is 268 g/mol. The lowest BCUT2D eigenvalue weighted by atomic mass is 9.74. The summed E-state index contributed by atoms with van der Waals surface area (Å²) in [6.45, 7) is 4.39. The Labute approximate surface area is 114 Å². The molecule has 1 heterocycles.